The van der Waals surface area contributed by atoms with Crippen molar-refractivity contribution in [1.82, 2.24) is 9.91 Å². The Kier molecular flexibility index (Phi) is 11.4. The van der Waals surface area contributed by atoms with Crippen LogP contribution < -0.4 is 0 Å². The van der Waals surface area contributed by atoms with Gasteiger partial charge >= 0.3 is 0 Å². The molecule has 2 atom stereocenters. The van der Waals surface area contributed by atoms with Crippen molar-refractivity contribution in [3.05, 3.63) is 48.3 Å². The third-order valence-corrected chi connectivity index (χ3v) is 5.92. The molecule has 0 fully saturated rings. The van der Waals surface area contributed by atoms with Crippen molar-refractivity contribution < 1.29 is 4.74 Å². The minimum atomic E-state index is 0.0350. The van der Waals surface area contributed by atoms with Crippen molar-refractivity contribution in [2.45, 2.75) is 65.5 Å². The topological polar surface area (TPSA) is 40.4 Å². The summed E-state index contributed by atoms with van der Waals surface area (Å²) >= 11 is 0. The lowest BCUT2D eigenvalue weighted by Crippen LogP contribution is -2.39. The SMILES string of the molecule is C=CCC(=C)CC1N=CC(C2=CC=C(OCCN(CC)CCCC)CC2)CN1/N=C\C. The molecule has 0 saturated carbocycles. The molecule has 2 rings (SSSR count). The highest BCUT2D eigenvalue weighted by molar-refractivity contribution is 5.67. The highest BCUT2D eigenvalue weighted by Gasteiger charge is 2.27. The zero-order valence-corrected chi connectivity index (χ0v) is 19.9. The number of hydrazone groups is 1. The average molecular weight is 427 g/mol. The van der Waals surface area contributed by atoms with Crippen molar-refractivity contribution >= 4 is 12.4 Å². The normalized spacial score (nSPS) is 21.4. The maximum absolute atomic E-state index is 6.06. The van der Waals surface area contributed by atoms with E-state index in [2.05, 4.69) is 60.4 Å². The molecule has 0 saturated heterocycles. The molecule has 2 aliphatic rings. The van der Waals surface area contributed by atoms with Crippen molar-refractivity contribution in [1.29, 1.82) is 0 Å². The number of nitrogens with zero attached hydrogens (tertiary/aromatic N) is 4. The molecule has 31 heavy (non-hydrogen) atoms. The van der Waals surface area contributed by atoms with E-state index in [1.165, 1.54) is 25.0 Å². The molecule has 0 bridgehead atoms. The van der Waals surface area contributed by atoms with Crippen LogP contribution in [0.4, 0.5) is 0 Å². The summed E-state index contributed by atoms with van der Waals surface area (Å²) in [4.78, 5) is 7.29. The monoisotopic (exact) mass is 426 g/mol. The van der Waals surface area contributed by atoms with Gasteiger partial charge in [0.15, 0.2) is 0 Å². The van der Waals surface area contributed by atoms with Crippen molar-refractivity contribution in [2.24, 2.45) is 16.0 Å². The second-order valence-electron chi connectivity index (χ2n) is 8.34. The number of hydrogen-bond acceptors (Lipinski definition) is 5. The molecule has 0 aromatic heterocycles. The van der Waals surface area contributed by atoms with Crippen LogP contribution in [-0.2, 0) is 4.74 Å². The Labute approximate surface area is 189 Å². The highest BCUT2D eigenvalue weighted by Crippen LogP contribution is 2.29. The van der Waals surface area contributed by atoms with Crippen LogP contribution in [0.2, 0.25) is 0 Å². The van der Waals surface area contributed by atoms with E-state index in [0.29, 0.717) is 5.92 Å². The lowest BCUT2D eigenvalue weighted by molar-refractivity contribution is 0.152. The zero-order chi connectivity index (χ0) is 22.5. The number of ether oxygens (including phenoxy) is 1. The number of rotatable bonds is 14. The Morgan fingerprint density at radius 3 is 2.81 bits per heavy atom. The van der Waals surface area contributed by atoms with Gasteiger partial charge in [-0.05, 0) is 45.4 Å². The van der Waals surface area contributed by atoms with Crippen LogP contribution in [0.1, 0.15) is 59.3 Å². The largest absolute Gasteiger partial charge is 0.497 e. The quantitative estimate of drug-likeness (QED) is 0.269. The van der Waals surface area contributed by atoms with Gasteiger partial charge in [0.25, 0.3) is 0 Å². The predicted molar refractivity (Wildman–Crippen MR) is 134 cm³/mol. The number of unbranched alkanes of at least 4 members (excludes halogenated alkanes) is 1. The first kappa shape index (κ1) is 25.1. The van der Waals surface area contributed by atoms with Crippen molar-refractivity contribution in [3.63, 3.8) is 0 Å². The Bertz CT molecular complexity index is 692. The molecule has 5 nitrogen and oxygen atoms in total. The minimum Gasteiger partial charge on any atom is -0.497 e. The van der Waals surface area contributed by atoms with Gasteiger partial charge in [0.2, 0.25) is 0 Å². The summed E-state index contributed by atoms with van der Waals surface area (Å²) in [5, 5.41) is 6.68. The summed E-state index contributed by atoms with van der Waals surface area (Å²) in [5.74, 6) is 1.40. The number of likely N-dealkylation sites (N-methyl/N-ethyl adjacent to an activating group) is 1. The van der Waals surface area contributed by atoms with Crippen molar-refractivity contribution in [2.75, 3.05) is 32.8 Å². The Morgan fingerprint density at radius 1 is 1.32 bits per heavy atom. The standard InChI is InChI=1S/C26H42N4O/c1-6-10-16-29(9-4)17-18-31-25-14-12-23(13-15-25)24-20-27-26(19-22(5)11-7-2)30(21-24)28-8-3/h7-8,12,14,20,24,26H,2,5-6,9-11,13,15-19,21H2,1,3-4H3/b28-8-. The van der Waals surface area contributed by atoms with Crippen molar-refractivity contribution in [3.8, 4) is 0 Å². The Balaban J connectivity index is 1.90. The third kappa shape index (κ3) is 8.48. The second kappa shape index (κ2) is 14.0. The molecular formula is C26H42N4O. The molecule has 0 radical (unpaired) electrons. The fraction of sp³-hybridized carbons (Fsp3) is 0.615. The molecule has 0 amide bonds. The highest BCUT2D eigenvalue weighted by atomic mass is 16.5. The lowest BCUT2D eigenvalue weighted by Gasteiger charge is -2.34. The molecule has 0 spiro atoms. The fourth-order valence-corrected chi connectivity index (χ4v) is 4.02. The second-order valence-corrected chi connectivity index (χ2v) is 8.34. The first-order valence-corrected chi connectivity index (χ1v) is 11.9. The van der Waals surface area contributed by atoms with Gasteiger partial charge in [-0.15, -0.1) is 6.58 Å². The molecule has 1 heterocycles. The van der Waals surface area contributed by atoms with Crippen LogP contribution in [0.15, 0.2) is 58.4 Å². The Hall–Kier alpha value is -2.14. The van der Waals surface area contributed by atoms with Crippen LogP contribution in [0.5, 0.6) is 0 Å². The van der Waals surface area contributed by atoms with E-state index in [9.17, 15) is 0 Å². The van der Waals surface area contributed by atoms with Gasteiger partial charge in [-0.2, -0.15) is 5.10 Å². The maximum Gasteiger partial charge on any atom is 0.140 e. The molecule has 2 unspecified atom stereocenters. The van der Waals surface area contributed by atoms with E-state index in [1.54, 1.807) is 0 Å². The third-order valence-electron chi connectivity index (χ3n) is 5.92. The fourth-order valence-electron chi connectivity index (χ4n) is 4.02. The summed E-state index contributed by atoms with van der Waals surface area (Å²) in [5.41, 5.74) is 2.55. The molecule has 5 heteroatoms. The smallest absolute Gasteiger partial charge is 0.140 e. The number of allylic oxidation sites excluding steroid dienone is 4. The van der Waals surface area contributed by atoms with Gasteiger partial charge < -0.3 is 9.64 Å². The van der Waals surface area contributed by atoms with Crippen LogP contribution in [0, 0.1) is 5.92 Å². The summed E-state index contributed by atoms with van der Waals surface area (Å²) in [6, 6.07) is 0. The van der Waals surface area contributed by atoms with Gasteiger partial charge in [-0.3, -0.25) is 10.0 Å². The van der Waals surface area contributed by atoms with Crippen LogP contribution in [0.3, 0.4) is 0 Å². The van der Waals surface area contributed by atoms with Crippen LogP contribution in [0.25, 0.3) is 0 Å². The van der Waals surface area contributed by atoms with E-state index < -0.39 is 0 Å². The van der Waals surface area contributed by atoms with E-state index in [1.807, 2.05) is 19.2 Å². The number of hydrogen-bond donors (Lipinski definition) is 0. The Morgan fingerprint density at radius 2 is 2.16 bits per heavy atom. The minimum absolute atomic E-state index is 0.0350. The van der Waals surface area contributed by atoms with Gasteiger partial charge in [-0.25, -0.2) is 0 Å². The predicted octanol–water partition coefficient (Wildman–Crippen LogP) is 5.59. The number of aliphatic imine (C=N–C) groups is 1. The molecule has 172 valence electrons. The summed E-state index contributed by atoms with van der Waals surface area (Å²) < 4.78 is 6.06. The summed E-state index contributed by atoms with van der Waals surface area (Å²) in [6.07, 6.45) is 16.4. The van der Waals surface area contributed by atoms with E-state index in [-0.39, 0.29) is 6.17 Å². The van der Waals surface area contributed by atoms with Crippen LogP contribution in [-0.4, -0.2) is 61.3 Å². The first-order valence-electron chi connectivity index (χ1n) is 11.9. The first-order chi connectivity index (χ1) is 15.1. The lowest BCUT2D eigenvalue weighted by atomic mass is 9.90. The van der Waals surface area contributed by atoms with Gasteiger partial charge in [0.1, 0.15) is 12.8 Å². The molecule has 0 aromatic rings. The zero-order valence-electron chi connectivity index (χ0n) is 19.9. The average Bonchev–Trinajstić information content (AvgIpc) is 2.78. The van der Waals surface area contributed by atoms with Gasteiger partial charge in [-0.1, -0.05) is 50.1 Å². The molecule has 0 aromatic carbocycles. The molecular weight excluding hydrogens is 384 g/mol. The molecule has 0 N–H and O–H groups in total. The van der Waals surface area contributed by atoms with Gasteiger partial charge in [0.05, 0.1) is 12.3 Å². The van der Waals surface area contributed by atoms with E-state index >= 15 is 0 Å². The van der Waals surface area contributed by atoms with Gasteiger partial charge in [0, 0.05) is 37.7 Å². The summed E-state index contributed by atoms with van der Waals surface area (Å²) in [7, 11) is 0. The molecule has 1 aliphatic carbocycles. The van der Waals surface area contributed by atoms with E-state index in [4.69, 9.17) is 9.73 Å². The van der Waals surface area contributed by atoms with E-state index in [0.717, 1.165) is 63.3 Å². The summed E-state index contributed by atoms with van der Waals surface area (Å²) in [6.45, 7) is 19.3. The van der Waals surface area contributed by atoms with Crippen LogP contribution >= 0.6 is 0 Å². The molecule has 1 aliphatic heterocycles. The maximum atomic E-state index is 6.06.